The van der Waals surface area contributed by atoms with Crippen LogP contribution < -0.4 is 10.1 Å². The van der Waals surface area contributed by atoms with E-state index in [4.69, 9.17) is 14.2 Å². The molecular weight excluding hydrogens is 362 g/mol. The first-order valence-corrected chi connectivity index (χ1v) is 10.7. The summed E-state index contributed by atoms with van der Waals surface area (Å²) in [6.07, 6.45) is 3.11. The van der Waals surface area contributed by atoms with Crippen LogP contribution in [0.2, 0.25) is 0 Å². The highest BCUT2D eigenvalue weighted by atomic mass is 16.6. The molecular formula is C25H35NO3. The van der Waals surface area contributed by atoms with Crippen LogP contribution in [-0.2, 0) is 16.0 Å². The van der Waals surface area contributed by atoms with E-state index >= 15 is 0 Å². The third kappa shape index (κ3) is 5.12. The van der Waals surface area contributed by atoms with Gasteiger partial charge in [0.2, 0.25) is 0 Å². The van der Waals surface area contributed by atoms with Gasteiger partial charge in [-0.2, -0.15) is 0 Å². The molecule has 0 aromatic heterocycles. The van der Waals surface area contributed by atoms with Gasteiger partial charge in [0, 0.05) is 31.5 Å². The fraction of sp³-hybridized carbons (Fsp3) is 0.520. The van der Waals surface area contributed by atoms with Crippen molar-refractivity contribution in [3.8, 4) is 5.75 Å². The average molecular weight is 398 g/mol. The summed E-state index contributed by atoms with van der Waals surface area (Å²) in [5.41, 5.74) is 4.24. The molecule has 0 radical (unpaired) electrons. The molecule has 4 nitrogen and oxygen atoms in total. The predicted octanol–water partition coefficient (Wildman–Crippen LogP) is 6.04. The van der Waals surface area contributed by atoms with Crippen LogP contribution in [0.15, 0.2) is 42.5 Å². The Balaban J connectivity index is 1.78. The Bertz CT molecular complexity index is 802. The summed E-state index contributed by atoms with van der Waals surface area (Å²) in [5.74, 6) is 0.872. The van der Waals surface area contributed by atoms with Crippen LogP contribution in [0.25, 0.3) is 0 Å². The van der Waals surface area contributed by atoms with Gasteiger partial charge in [-0.05, 0) is 56.5 Å². The Morgan fingerprint density at radius 2 is 1.90 bits per heavy atom. The summed E-state index contributed by atoms with van der Waals surface area (Å²) in [5, 5.41) is 3.54. The maximum absolute atomic E-state index is 6.33. The second-order valence-electron chi connectivity index (χ2n) is 8.39. The first-order valence-electron chi connectivity index (χ1n) is 10.7. The summed E-state index contributed by atoms with van der Waals surface area (Å²) in [6, 6.07) is 14.7. The minimum atomic E-state index is -0.448. The van der Waals surface area contributed by atoms with Crippen LogP contribution in [-0.4, -0.2) is 25.4 Å². The summed E-state index contributed by atoms with van der Waals surface area (Å²) in [4.78, 5) is 0. The molecule has 0 bridgehead atoms. The zero-order valence-electron chi connectivity index (χ0n) is 18.5. The molecule has 2 aromatic carbocycles. The van der Waals surface area contributed by atoms with Crippen LogP contribution in [0.5, 0.6) is 5.75 Å². The van der Waals surface area contributed by atoms with E-state index in [1.807, 2.05) is 6.07 Å². The minimum absolute atomic E-state index is 0.150. The maximum atomic E-state index is 6.33. The van der Waals surface area contributed by atoms with Gasteiger partial charge in [-0.1, -0.05) is 44.0 Å². The maximum Gasteiger partial charge on any atom is 0.132 e. The first-order chi connectivity index (χ1) is 14.0. The van der Waals surface area contributed by atoms with Crippen molar-refractivity contribution in [1.82, 2.24) is 0 Å². The van der Waals surface area contributed by atoms with Crippen LogP contribution in [0.1, 0.15) is 62.8 Å². The van der Waals surface area contributed by atoms with E-state index in [1.54, 1.807) is 7.11 Å². The first kappa shape index (κ1) is 21.7. The van der Waals surface area contributed by atoms with Gasteiger partial charge >= 0.3 is 0 Å². The number of ether oxygens (including phenoxy) is 3. The monoisotopic (exact) mass is 397 g/mol. The van der Waals surface area contributed by atoms with E-state index < -0.39 is 5.60 Å². The fourth-order valence-electron chi connectivity index (χ4n) is 3.95. The third-order valence-corrected chi connectivity index (χ3v) is 5.69. The van der Waals surface area contributed by atoms with Crippen LogP contribution in [0.3, 0.4) is 0 Å². The number of methoxy groups -OCH3 is 1. The van der Waals surface area contributed by atoms with E-state index in [-0.39, 0.29) is 12.2 Å². The lowest BCUT2D eigenvalue weighted by Crippen LogP contribution is -2.51. The molecule has 1 aliphatic heterocycles. The average Bonchev–Trinajstić information content (AvgIpc) is 2.70. The minimum Gasteiger partial charge on any atom is -0.485 e. The molecule has 0 fully saturated rings. The Labute approximate surface area is 175 Å². The Morgan fingerprint density at radius 3 is 2.62 bits per heavy atom. The zero-order chi connectivity index (χ0) is 20.9. The summed E-state index contributed by atoms with van der Waals surface area (Å²) >= 11 is 0. The highest BCUT2D eigenvalue weighted by Crippen LogP contribution is 2.44. The molecule has 0 amide bonds. The van der Waals surface area contributed by atoms with Crippen LogP contribution >= 0.6 is 0 Å². The third-order valence-electron chi connectivity index (χ3n) is 5.69. The molecule has 2 aromatic rings. The summed E-state index contributed by atoms with van der Waals surface area (Å²) in [6.45, 7) is 10.0. The van der Waals surface area contributed by atoms with E-state index in [1.165, 1.54) is 24.0 Å². The quantitative estimate of drug-likeness (QED) is 0.524. The molecule has 2 unspecified atom stereocenters. The molecule has 4 heteroatoms. The molecule has 0 saturated heterocycles. The Kier molecular flexibility index (Phi) is 7.20. The molecule has 0 spiro atoms. The molecule has 0 aliphatic carbocycles. The van der Waals surface area contributed by atoms with Crippen molar-refractivity contribution < 1.29 is 14.2 Å². The molecule has 0 saturated carbocycles. The van der Waals surface area contributed by atoms with Gasteiger partial charge in [0.1, 0.15) is 23.6 Å². The highest BCUT2D eigenvalue weighted by molar-refractivity contribution is 5.54. The number of aryl methyl sites for hydroxylation is 1. The number of hydrogen-bond donors (Lipinski definition) is 1. The van der Waals surface area contributed by atoms with Gasteiger partial charge < -0.3 is 19.5 Å². The van der Waals surface area contributed by atoms with Gasteiger partial charge in [-0.3, -0.25) is 0 Å². The van der Waals surface area contributed by atoms with Gasteiger partial charge in [-0.15, -0.1) is 0 Å². The Hall–Kier alpha value is -2.04. The van der Waals surface area contributed by atoms with Crippen molar-refractivity contribution in [2.75, 3.05) is 19.0 Å². The van der Waals surface area contributed by atoms with Gasteiger partial charge in [0.05, 0.1) is 0 Å². The normalized spacial score (nSPS) is 20.0. The van der Waals surface area contributed by atoms with E-state index in [0.717, 1.165) is 36.6 Å². The molecule has 158 valence electrons. The van der Waals surface area contributed by atoms with Crippen molar-refractivity contribution in [1.29, 1.82) is 0 Å². The molecule has 1 aliphatic rings. The zero-order valence-corrected chi connectivity index (χ0v) is 18.5. The molecule has 1 N–H and O–H groups in total. The fourth-order valence-corrected chi connectivity index (χ4v) is 3.95. The van der Waals surface area contributed by atoms with Crippen molar-refractivity contribution in [3.05, 3.63) is 59.2 Å². The van der Waals surface area contributed by atoms with Crippen LogP contribution in [0.4, 0.5) is 5.69 Å². The van der Waals surface area contributed by atoms with E-state index in [9.17, 15) is 0 Å². The smallest absolute Gasteiger partial charge is 0.132 e. The standard InChI is InChI=1S/C25H35NO3/c1-6-7-10-15-28-24-23(27-5)21-16-20(13-14-22(21)29-25(24,3)4)26-17-19-12-9-8-11-18(19)2/h8-9,11-14,16,23-24,26H,6-7,10,15,17H2,1-5H3. The second kappa shape index (κ2) is 9.64. The number of rotatable bonds is 9. The van der Waals surface area contributed by atoms with Gasteiger partial charge in [0.15, 0.2) is 0 Å². The molecule has 3 rings (SSSR count). The second-order valence-corrected chi connectivity index (χ2v) is 8.39. The Morgan fingerprint density at radius 1 is 1.10 bits per heavy atom. The number of fused-ring (bicyclic) bond motifs is 1. The van der Waals surface area contributed by atoms with Crippen molar-refractivity contribution >= 4 is 5.69 Å². The predicted molar refractivity (Wildman–Crippen MR) is 119 cm³/mol. The number of benzene rings is 2. The molecule has 2 atom stereocenters. The number of nitrogens with one attached hydrogen (secondary N) is 1. The SMILES string of the molecule is CCCCCOC1C(OC)c2cc(NCc3ccccc3C)ccc2OC1(C)C. The largest absolute Gasteiger partial charge is 0.485 e. The number of anilines is 1. The summed E-state index contributed by atoms with van der Waals surface area (Å²) in [7, 11) is 1.76. The van der Waals surface area contributed by atoms with Crippen molar-refractivity contribution in [2.45, 2.75) is 71.3 Å². The van der Waals surface area contributed by atoms with Gasteiger partial charge in [-0.25, -0.2) is 0 Å². The number of unbranched alkanes of at least 4 members (excludes halogenated alkanes) is 2. The topological polar surface area (TPSA) is 39.7 Å². The van der Waals surface area contributed by atoms with Crippen molar-refractivity contribution in [3.63, 3.8) is 0 Å². The lowest BCUT2D eigenvalue weighted by molar-refractivity contribution is -0.154. The van der Waals surface area contributed by atoms with Crippen molar-refractivity contribution in [2.24, 2.45) is 0 Å². The number of hydrogen-bond acceptors (Lipinski definition) is 4. The van der Waals surface area contributed by atoms with Crippen LogP contribution in [0, 0.1) is 6.92 Å². The van der Waals surface area contributed by atoms with E-state index in [0.29, 0.717) is 0 Å². The van der Waals surface area contributed by atoms with Gasteiger partial charge in [0.25, 0.3) is 0 Å². The molecule has 29 heavy (non-hydrogen) atoms. The lowest BCUT2D eigenvalue weighted by Gasteiger charge is -2.44. The lowest BCUT2D eigenvalue weighted by atomic mass is 9.88. The summed E-state index contributed by atoms with van der Waals surface area (Å²) < 4.78 is 18.5. The van der Waals surface area contributed by atoms with E-state index in [2.05, 4.69) is 69.4 Å². The molecule has 1 heterocycles. The highest BCUT2D eigenvalue weighted by Gasteiger charge is 2.45.